The van der Waals surface area contributed by atoms with Crippen molar-refractivity contribution in [3.63, 3.8) is 0 Å². The average Bonchev–Trinajstić information content (AvgIpc) is 2.34. The summed E-state index contributed by atoms with van der Waals surface area (Å²) in [7, 11) is 0. The van der Waals surface area contributed by atoms with Crippen LogP contribution in [-0.4, -0.2) is 33.5 Å². The van der Waals surface area contributed by atoms with Gasteiger partial charge in [-0.2, -0.15) is 4.98 Å². The minimum Gasteiger partial charge on any atom is -0.478 e. The lowest BCUT2D eigenvalue weighted by atomic mass is 10.1. The summed E-state index contributed by atoms with van der Waals surface area (Å²) in [6.45, 7) is 4.10. The maximum absolute atomic E-state index is 11.8. The van der Waals surface area contributed by atoms with E-state index in [2.05, 4.69) is 4.98 Å². The molecule has 0 amide bonds. The van der Waals surface area contributed by atoms with Crippen molar-refractivity contribution in [2.75, 3.05) is 6.61 Å². The molecule has 6 heteroatoms. The summed E-state index contributed by atoms with van der Waals surface area (Å²) in [6, 6.07) is 1.64. The van der Waals surface area contributed by atoms with E-state index in [-0.39, 0.29) is 12.3 Å². The molecule has 1 saturated heterocycles. The molecular formula is C12H18N2O4. The Morgan fingerprint density at radius 2 is 2.39 bits per heavy atom. The number of ether oxygens (including phenoxy) is 2. The van der Waals surface area contributed by atoms with Crippen LogP contribution in [0, 0.1) is 0 Å². The maximum atomic E-state index is 11.8. The Kier molecular flexibility index (Phi) is 3.98. The fourth-order valence-corrected chi connectivity index (χ4v) is 2.00. The molecule has 2 heterocycles. The summed E-state index contributed by atoms with van der Waals surface area (Å²) in [5.41, 5.74) is -0.394. The van der Waals surface area contributed by atoms with Gasteiger partial charge in [0, 0.05) is 12.3 Å². The van der Waals surface area contributed by atoms with Crippen LogP contribution in [0.3, 0.4) is 0 Å². The molecule has 0 bridgehead atoms. The largest absolute Gasteiger partial charge is 0.478 e. The molecule has 0 aliphatic carbocycles. The lowest BCUT2D eigenvalue weighted by Crippen LogP contribution is -2.38. The molecule has 0 unspecified atom stereocenters. The van der Waals surface area contributed by atoms with Crippen LogP contribution in [0.25, 0.3) is 0 Å². The maximum Gasteiger partial charge on any atom is 0.352 e. The fourth-order valence-electron chi connectivity index (χ4n) is 2.00. The average molecular weight is 254 g/mol. The molecule has 18 heavy (non-hydrogen) atoms. The number of rotatable bonds is 3. The Hall–Kier alpha value is -1.40. The van der Waals surface area contributed by atoms with Gasteiger partial charge in [0.25, 0.3) is 0 Å². The second-order valence-electron chi connectivity index (χ2n) is 4.33. The van der Waals surface area contributed by atoms with Gasteiger partial charge < -0.3 is 14.6 Å². The molecule has 0 aromatic carbocycles. The molecule has 1 fully saturated rings. The molecular weight excluding hydrogens is 236 g/mol. The molecule has 2 rings (SSSR count). The van der Waals surface area contributed by atoms with Crippen molar-refractivity contribution in [3.8, 4) is 5.88 Å². The normalized spacial score (nSPS) is 28.1. The molecule has 1 aliphatic heterocycles. The number of hydrogen-bond acceptors (Lipinski definition) is 5. The summed E-state index contributed by atoms with van der Waals surface area (Å²) in [4.78, 5) is 15.7. The molecule has 0 radical (unpaired) electrons. The standard InChI is InChI=1S/C12H18N2O4/c1-3-17-10-6-7-14(12(16)13-10)11-5-4-9(15)8(2)18-11/h6-9,11,15H,3-5H2,1-2H3/t8-,9+,11+/m1/s1. The Morgan fingerprint density at radius 1 is 1.61 bits per heavy atom. The van der Waals surface area contributed by atoms with Crippen molar-refractivity contribution in [3.05, 3.63) is 22.7 Å². The Balaban J connectivity index is 2.16. The van der Waals surface area contributed by atoms with Gasteiger partial charge in [-0.15, -0.1) is 0 Å². The Labute approximate surface area is 105 Å². The van der Waals surface area contributed by atoms with Crippen molar-refractivity contribution in [2.24, 2.45) is 0 Å². The van der Waals surface area contributed by atoms with E-state index in [1.54, 1.807) is 19.2 Å². The lowest BCUT2D eigenvalue weighted by Gasteiger charge is -2.32. The van der Waals surface area contributed by atoms with Gasteiger partial charge in [0.1, 0.15) is 6.23 Å². The first-order valence-corrected chi connectivity index (χ1v) is 6.17. The Bertz CT molecular complexity index is 460. The molecule has 1 aromatic rings. The minimum absolute atomic E-state index is 0.276. The predicted molar refractivity (Wildman–Crippen MR) is 64.5 cm³/mol. The van der Waals surface area contributed by atoms with Gasteiger partial charge in [0.2, 0.25) is 5.88 Å². The monoisotopic (exact) mass is 254 g/mol. The zero-order valence-corrected chi connectivity index (χ0v) is 10.6. The van der Waals surface area contributed by atoms with Gasteiger partial charge >= 0.3 is 5.69 Å². The second kappa shape index (κ2) is 5.49. The van der Waals surface area contributed by atoms with Crippen molar-refractivity contribution in [2.45, 2.75) is 45.1 Å². The second-order valence-corrected chi connectivity index (χ2v) is 4.33. The van der Waals surface area contributed by atoms with Gasteiger partial charge in [0.05, 0.1) is 18.8 Å². The van der Waals surface area contributed by atoms with Gasteiger partial charge in [-0.25, -0.2) is 4.79 Å². The van der Waals surface area contributed by atoms with Crippen LogP contribution in [0.5, 0.6) is 5.88 Å². The number of aliphatic hydroxyl groups excluding tert-OH is 1. The number of nitrogens with zero attached hydrogens (tertiary/aromatic N) is 2. The Morgan fingerprint density at radius 3 is 3.00 bits per heavy atom. The number of aromatic nitrogens is 2. The topological polar surface area (TPSA) is 73.6 Å². The van der Waals surface area contributed by atoms with Crippen LogP contribution >= 0.6 is 0 Å². The molecule has 6 nitrogen and oxygen atoms in total. The van der Waals surface area contributed by atoms with Crippen molar-refractivity contribution >= 4 is 0 Å². The van der Waals surface area contributed by atoms with Crippen LogP contribution in [0.4, 0.5) is 0 Å². The van der Waals surface area contributed by atoms with E-state index in [1.165, 1.54) is 4.57 Å². The third-order valence-corrected chi connectivity index (χ3v) is 3.03. The first-order valence-electron chi connectivity index (χ1n) is 6.17. The predicted octanol–water partition coefficient (Wildman–Crippen LogP) is 0.700. The highest BCUT2D eigenvalue weighted by Crippen LogP contribution is 2.25. The van der Waals surface area contributed by atoms with Crippen molar-refractivity contribution in [1.29, 1.82) is 0 Å². The summed E-state index contributed by atoms with van der Waals surface area (Å²) in [5.74, 6) is 0.322. The molecule has 0 saturated carbocycles. The summed E-state index contributed by atoms with van der Waals surface area (Å²) >= 11 is 0. The zero-order valence-electron chi connectivity index (χ0n) is 10.6. The smallest absolute Gasteiger partial charge is 0.352 e. The van der Waals surface area contributed by atoms with E-state index >= 15 is 0 Å². The lowest BCUT2D eigenvalue weighted by molar-refractivity contribution is -0.139. The fraction of sp³-hybridized carbons (Fsp3) is 0.667. The molecule has 1 aromatic heterocycles. The van der Waals surface area contributed by atoms with E-state index in [4.69, 9.17) is 9.47 Å². The summed E-state index contributed by atoms with van der Waals surface area (Å²) in [5, 5.41) is 9.58. The molecule has 1 aliphatic rings. The van der Waals surface area contributed by atoms with E-state index in [0.29, 0.717) is 25.3 Å². The molecule has 0 spiro atoms. The van der Waals surface area contributed by atoms with Crippen LogP contribution in [-0.2, 0) is 4.74 Å². The van der Waals surface area contributed by atoms with Crippen LogP contribution < -0.4 is 10.4 Å². The number of aliphatic hydroxyl groups is 1. The van der Waals surface area contributed by atoms with E-state index in [9.17, 15) is 9.90 Å². The van der Waals surface area contributed by atoms with Crippen LogP contribution in [0.15, 0.2) is 17.1 Å². The highest BCUT2D eigenvalue weighted by molar-refractivity contribution is 5.06. The van der Waals surface area contributed by atoms with E-state index in [0.717, 1.165) is 0 Å². The third-order valence-electron chi connectivity index (χ3n) is 3.03. The summed E-state index contributed by atoms with van der Waals surface area (Å²) < 4.78 is 12.2. The van der Waals surface area contributed by atoms with Crippen molar-refractivity contribution < 1.29 is 14.6 Å². The van der Waals surface area contributed by atoms with Crippen LogP contribution in [0.2, 0.25) is 0 Å². The molecule has 100 valence electrons. The van der Waals surface area contributed by atoms with Crippen molar-refractivity contribution in [1.82, 2.24) is 9.55 Å². The quantitative estimate of drug-likeness (QED) is 0.859. The molecule has 3 atom stereocenters. The van der Waals surface area contributed by atoms with E-state index < -0.39 is 11.8 Å². The van der Waals surface area contributed by atoms with Gasteiger partial charge in [-0.3, -0.25) is 4.57 Å². The summed E-state index contributed by atoms with van der Waals surface area (Å²) in [6.07, 6.45) is 1.73. The van der Waals surface area contributed by atoms with E-state index in [1.807, 2.05) is 6.92 Å². The minimum atomic E-state index is -0.465. The first kappa shape index (κ1) is 13.0. The molecule has 1 N–H and O–H groups in total. The highest BCUT2D eigenvalue weighted by atomic mass is 16.5. The van der Waals surface area contributed by atoms with Gasteiger partial charge in [-0.1, -0.05) is 0 Å². The van der Waals surface area contributed by atoms with Gasteiger partial charge in [-0.05, 0) is 26.7 Å². The van der Waals surface area contributed by atoms with Crippen LogP contribution in [0.1, 0.15) is 32.9 Å². The number of hydrogen-bond donors (Lipinski definition) is 1. The SMILES string of the molecule is CCOc1ccn([C@@H]2CC[C@H](O)[C@@H](C)O2)c(=O)n1. The highest BCUT2D eigenvalue weighted by Gasteiger charge is 2.28. The third kappa shape index (κ3) is 2.70. The van der Waals surface area contributed by atoms with Gasteiger partial charge in [0.15, 0.2) is 0 Å². The first-order chi connectivity index (χ1) is 8.61. The zero-order chi connectivity index (χ0) is 13.1.